The summed E-state index contributed by atoms with van der Waals surface area (Å²) in [6.45, 7) is 2.59. The van der Waals surface area contributed by atoms with Crippen LogP contribution in [0.15, 0.2) is 9.59 Å². The van der Waals surface area contributed by atoms with Crippen LogP contribution in [-0.4, -0.2) is 29.9 Å². The van der Waals surface area contributed by atoms with Gasteiger partial charge in [0.15, 0.2) is 11.4 Å². The number of fused-ring (bicyclic) bond motifs is 1. The second-order valence-electron chi connectivity index (χ2n) is 5.90. The SMILES string of the molecule is CCc1nc2n(n1)CC(Nc1c(C#N)c(=O)n(C)c(=O)n1C)CC2. The molecule has 1 unspecified atom stereocenters. The summed E-state index contributed by atoms with van der Waals surface area (Å²) in [5.74, 6) is 2.02. The van der Waals surface area contributed by atoms with Gasteiger partial charge in [-0.2, -0.15) is 10.4 Å². The molecule has 3 heterocycles. The molecule has 3 rings (SSSR count). The molecule has 24 heavy (non-hydrogen) atoms. The molecule has 0 spiro atoms. The quantitative estimate of drug-likeness (QED) is 0.815. The standard InChI is InChI=1S/C15H19N7O2/c1-4-11-18-12-6-5-9(8-22(12)19-11)17-13-10(7-16)14(23)21(3)15(24)20(13)2/h9,17H,4-6,8H2,1-3H3. The van der Waals surface area contributed by atoms with Gasteiger partial charge in [-0.1, -0.05) is 6.92 Å². The number of hydrogen-bond donors (Lipinski definition) is 1. The van der Waals surface area contributed by atoms with Crippen molar-refractivity contribution >= 4 is 5.82 Å². The number of hydrogen-bond acceptors (Lipinski definition) is 6. The van der Waals surface area contributed by atoms with Crippen molar-refractivity contribution in [1.82, 2.24) is 23.9 Å². The van der Waals surface area contributed by atoms with Crippen molar-refractivity contribution in [2.75, 3.05) is 5.32 Å². The average molecular weight is 329 g/mol. The third-order valence-electron chi connectivity index (χ3n) is 4.34. The van der Waals surface area contributed by atoms with E-state index in [4.69, 9.17) is 0 Å². The van der Waals surface area contributed by atoms with Gasteiger partial charge in [0.25, 0.3) is 5.56 Å². The Bertz CT molecular complexity index is 944. The lowest BCUT2D eigenvalue weighted by Crippen LogP contribution is -2.42. The van der Waals surface area contributed by atoms with Crippen LogP contribution in [-0.2, 0) is 33.5 Å². The second-order valence-corrected chi connectivity index (χ2v) is 5.90. The van der Waals surface area contributed by atoms with Crippen LogP contribution in [0, 0.1) is 11.3 Å². The van der Waals surface area contributed by atoms with Crippen LogP contribution in [0.2, 0.25) is 0 Å². The van der Waals surface area contributed by atoms with Gasteiger partial charge in [-0.25, -0.2) is 14.5 Å². The summed E-state index contributed by atoms with van der Waals surface area (Å²) in [5, 5.41) is 16.9. The zero-order valence-electron chi connectivity index (χ0n) is 13.9. The van der Waals surface area contributed by atoms with E-state index in [1.807, 2.05) is 17.7 Å². The highest BCUT2D eigenvalue weighted by atomic mass is 16.2. The van der Waals surface area contributed by atoms with Gasteiger partial charge in [-0.15, -0.1) is 0 Å². The minimum absolute atomic E-state index is 0.0336. The molecular formula is C15H19N7O2. The van der Waals surface area contributed by atoms with Crippen LogP contribution in [0.25, 0.3) is 0 Å². The number of rotatable bonds is 3. The first-order valence-corrected chi connectivity index (χ1v) is 7.85. The van der Waals surface area contributed by atoms with Gasteiger partial charge < -0.3 is 5.32 Å². The Morgan fingerprint density at radius 2 is 2.08 bits per heavy atom. The third-order valence-corrected chi connectivity index (χ3v) is 4.34. The fourth-order valence-electron chi connectivity index (χ4n) is 2.94. The lowest BCUT2D eigenvalue weighted by atomic mass is 10.1. The van der Waals surface area contributed by atoms with Crippen LogP contribution in [0.4, 0.5) is 5.82 Å². The Balaban J connectivity index is 1.94. The smallest absolute Gasteiger partial charge is 0.332 e. The zero-order chi connectivity index (χ0) is 17.4. The first-order valence-electron chi connectivity index (χ1n) is 7.85. The van der Waals surface area contributed by atoms with Gasteiger partial charge in [0.05, 0.1) is 6.54 Å². The minimum atomic E-state index is -0.589. The largest absolute Gasteiger partial charge is 0.365 e. The van der Waals surface area contributed by atoms with Gasteiger partial charge >= 0.3 is 5.69 Å². The molecule has 1 atom stereocenters. The maximum atomic E-state index is 12.1. The molecule has 0 fully saturated rings. The fourth-order valence-corrected chi connectivity index (χ4v) is 2.94. The molecule has 9 heteroatoms. The van der Waals surface area contributed by atoms with Gasteiger partial charge in [0, 0.05) is 33.0 Å². The molecule has 1 aliphatic heterocycles. The Morgan fingerprint density at radius 1 is 1.33 bits per heavy atom. The topological polar surface area (TPSA) is 111 Å². The lowest BCUT2D eigenvalue weighted by Gasteiger charge is -2.25. The molecular weight excluding hydrogens is 310 g/mol. The summed E-state index contributed by atoms with van der Waals surface area (Å²) in [6.07, 6.45) is 2.32. The van der Waals surface area contributed by atoms with E-state index >= 15 is 0 Å². The predicted molar refractivity (Wildman–Crippen MR) is 86.8 cm³/mol. The Morgan fingerprint density at radius 3 is 2.75 bits per heavy atom. The number of nitrogens with one attached hydrogen (secondary N) is 1. The Labute approximate surface area is 138 Å². The number of nitriles is 1. The molecule has 0 bridgehead atoms. The van der Waals surface area contributed by atoms with E-state index in [2.05, 4.69) is 15.4 Å². The van der Waals surface area contributed by atoms with E-state index in [1.165, 1.54) is 11.6 Å². The molecule has 1 aliphatic rings. The van der Waals surface area contributed by atoms with Crippen molar-refractivity contribution in [3.05, 3.63) is 38.1 Å². The van der Waals surface area contributed by atoms with Gasteiger partial charge in [0.1, 0.15) is 17.7 Å². The van der Waals surface area contributed by atoms with Crippen molar-refractivity contribution in [3.63, 3.8) is 0 Å². The molecule has 0 amide bonds. The van der Waals surface area contributed by atoms with Gasteiger partial charge in [-0.3, -0.25) is 13.9 Å². The van der Waals surface area contributed by atoms with Crippen molar-refractivity contribution < 1.29 is 0 Å². The number of nitrogens with zero attached hydrogens (tertiary/aromatic N) is 6. The van der Waals surface area contributed by atoms with E-state index in [0.29, 0.717) is 6.54 Å². The Hall–Kier alpha value is -2.89. The Kier molecular flexibility index (Phi) is 3.97. The molecule has 2 aromatic rings. The molecule has 126 valence electrons. The molecule has 9 nitrogen and oxygen atoms in total. The summed E-state index contributed by atoms with van der Waals surface area (Å²) < 4.78 is 4.09. The normalized spacial score (nSPS) is 16.5. The first-order chi connectivity index (χ1) is 11.5. The minimum Gasteiger partial charge on any atom is -0.365 e. The second kappa shape index (κ2) is 5.96. The summed E-state index contributed by atoms with van der Waals surface area (Å²) >= 11 is 0. The lowest BCUT2D eigenvalue weighted by molar-refractivity contribution is 0.437. The van der Waals surface area contributed by atoms with E-state index in [-0.39, 0.29) is 17.4 Å². The summed E-state index contributed by atoms with van der Waals surface area (Å²) in [4.78, 5) is 28.7. The average Bonchev–Trinajstić information content (AvgIpc) is 3.00. The molecule has 1 N–H and O–H groups in total. The van der Waals surface area contributed by atoms with E-state index < -0.39 is 11.2 Å². The highest BCUT2D eigenvalue weighted by molar-refractivity contribution is 5.51. The molecule has 0 aliphatic carbocycles. The molecule has 0 saturated carbocycles. The van der Waals surface area contributed by atoms with Crippen LogP contribution in [0.5, 0.6) is 0 Å². The maximum absolute atomic E-state index is 12.1. The van der Waals surface area contributed by atoms with E-state index in [9.17, 15) is 14.9 Å². The van der Waals surface area contributed by atoms with E-state index in [0.717, 1.165) is 35.5 Å². The number of aryl methyl sites for hydroxylation is 2. The summed E-state index contributed by atoms with van der Waals surface area (Å²) in [6, 6.07) is 1.87. The summed E-state index contributed by atoms with van der Waals surface area (Å²) in [7, 11) is 2.91. The number of aromatic nitrogens is 5. The highest BCUT2D eigenvalue weighted by Gasteiger charge is 2.24. The molecule has 0 radical (unpaired) electrons. The van der Waals surface area contributed by atoms with Gasteiger partial charge in [0.2, 0.25) is 0 Å². The van der Waals surface area contributed by atoms with Crippen LogP contribution >= 0.6 is 0 Å². The van der Waals surface area contributed by atoms with Crippen molar-refractivity contribution in [2.24, 2.45) is 14.1 Å². The zero-order valence-corrected chi connectivity index (χ0v) is 13.9. The monoisotopic (exact) mass is 329 g/mol. The fraction of sp³-hybridized carbons (Fsp3) is 0.533. The van der Waals surface area contributed by atoms with E-state index in [1.54, 1.807) is 7.05 Å². The summed E-state index contributed by atoms with van der Waals surface area (Å²) in [5.41, 5.74) is -1.11. The predicted octanol–water partition coefficient (Wildman–Crippen LogP) is -0.464. The number of anilines is 1. The third kappa shape index (κ3) is 2.50. The van der Waals surface area contributed by atoms with Gasteiger partial charge in [-0.05, 0) is 6.42 Å². The highest BCUT2D eigenvalue weighted by Crippen LogP contribution is 2.18. The molecule has 0 saturated heterocycles. The van der Waals surface area contributed by atoms with Crippen molar-refractivity contribution in [2.45, 2.75) is 38.8 Å². The van der Waals surface area contributed by atoms with Crippen LogP contribution in [0.3, 0.4) is 0 Å². The molecule has 0 aromatic carbocycles. The maximum Gasteiger partial charge on any atom is 0.332 e. The molecule has 2 aromatic heterocycles. The van der Waals surface area contributed by atoms with Crippen LogP contribution in [0.1, 0.15) is 30.6 Å². The van der Waals surface area contributed by atoms with Crippen molar-refractivity contribution in [3.8, 4) is 6.07 Å². The van der Waals surface area contributed by atoms with Crippen molar-refractivity contribution in [1.29, 1.82) is 5.26 Å². The van der Waals surface area contributed by atoms with Crippen LogP contribution < -0.4 is 16.6 Å². The first kappa shape index (κ1) is 16.0.